The number of thiazole rings is 1. The van der Waals surface area contributed by atoms with E-state index in [9.17, 15) is 27.6 Å². The first kappa shape index (κ1) is 34.9. The van der Waals surface area contributed by atoms with Crippen molar-refractivity contribution in [3.63, 3.8) is 0 Å². The number of sulfonamides is 1. The second kappa shape index (κ2) is 14.1. The Morgan fingerprint density at radius 2 is 1.96 bits per heavy atom. The lowest BCUT2D eigenvalue weighted by molar-refractivity contribution is -0.140. The van der Waals surface area contributed by atoms with Crippen LogP contribution in [0.2, 0.25) is 0 Å². The molecule has 49 heavy (non-hydrogen) atoms. The summed E-state index contributed by atoms with van der Waals surface area (Å²) in [7, 11) is -0.611. The third kappa shape index (κ3) is 7.77. The summed E-state index contributed by atoms with van der Waals surface area (Å²) in [6, 6.07) is 7.01. The molecular formula is C34H43N5O8S2. The van der Waals surface area contributed by atoms with Crippen LogP contribution in [0.3, 0.4) is 0 Å². The fraction of sp³-hybridized carbons (Fsp3) is 0.559. The highest BCUT2D eigenvalue weighted by Gasteiger charge is 2.62. The SMILES string of the molecule is COc1cccc(N(Cc2csc(C)n2)C(=O)O[C@@H]2C[C@H]3C(=O)N[C@]4(C(=O)NS(=O)(=O)C5CC5)C[C@@H]4/C=C\CCCCN(C)C(=O)[C@@H]3C2)c1. The maximum absolute atomic E-state index is 14.1. The summed E-state index contributed by atoms with van der Waals surface area (Å²) in [6.07, 6.45) is 6.07. The van der Waals surface area contributed by atoms with Gasteiger partial charge < -0.3 is 19.7 Å². The van der Waals surface area contributed by atoms with Gasteiger partial charge in [0.1, 0.15) is 17.4 Å². The molecule has 1 aromatic heterocycles. The van der Waals surface area contributed by atoms with Gasteiger partial charge in [0.2, 0.25) is 21.8 Å². The van der Waals surface area contributed by atoms with Crippen molar-refractivity contribution in [2.45, 2.75) is 81.7 Å². The normalized spacial score (nSPS) is 27.9. The van der Waals surface area contributed by atoms with E-state index in [0.29, 0.717) is 36.5 Å². The third-order valence-corrected chi connectivity index (χ3v) is 12.5. The molecule has 5 atom stereocenters. The molecule has 3 aliphatic carbocycles. The van der Waals surface area contributed by atoms with Gasteiger partial charge in [-0.1, -0.05) is 18.2 Å². The lowest BCUT2D eigenvalue weighted by atomic mass is 9.93. The summed E-state index contributed by atoms with van der Waals surface area (Å²) in [6.45, 7) is 2.52. The highest BCUT2D eigenvalue weighted by Crippen LogP contribution is 2.47. The van der Waals surface area contributed by atoms with Crippen LogP contribution in [0, 0.1) is 24.7 Å². The Morgan fingerprint density at radius 1 is 1.18 bits per heavy atom. The maximum atomic E-state index is 14.1. The summed E-state index contributed by atoms with van der Waals surface area (Å²) in [5, 5.41) is 4.99. The largest absolute Gasteiger partial charge is 0.497 e. The summed E-state index contributed by atoms with van der Waals surface area (Å²) in [5.74, 6) is -3.09. The molecule has 4 amide bonds. The topological polar surface area (TPSA) is 164 Å². The van der Waals surface area contributed by atoms with Crippen LogP contribution in [-0.2, 0) is 35.7 Å². The zero-order valence-corrected chi connectivity index (χ0v) is 29.6. The molecule has 15 heteroatoms. The predicted octanol–water partition coefficient (Wildman–Crippen LogP) is 3.68. The Labute approximate surface area is 290 Å². The number of amides is 4. The number of anilines is 1. The molecule has 264 valence electrons. The number of nitrogens with one attached hydrogen (secondary N) is 2. The standard InChI is InChI=1S/C34H43N5O8S2/c1-21-35-23(20-48-21)19-39(24-10-8-11-25(15-24)46-3)33(43)47-26-16-28-29(17-26)31(41)38(2)14-7-5-4-6-9-22-18-34(22,36-30(28)40)32(42)37-49(44,45)27-12-13-27/h6,8-11,15,20,22,26-29H,4-5,7,12-14,16-19H2,1-3H3,(H,36,40)(H,37,42)/b9-6-/t22-,26+,28+,29+,34+/m0/s1. The van der Waals surface area contributed by atoms with E-state index < -0.39 is 56.7 Å². The van der Waals surface area contributed by atoms with Crippen LogP contribution in [0.1, 0.15) is 62.1 Å². The van der Waals surface area contributed by atoms with Gasteiger partial charge in [0.15, 0.2) is 0 Å². The molecule has 3 fully saturated rings. The van der Waals surface area contributed by atoms with Gasteiger partial charge in [0.05, 0.1) is 47.1 Å². The Bertz CT molecular complexity index is 1740. The van der Waals surface area contributed by atoms with Gasteiger partial charge in [-0.15, -0.1) is 11.3 Å². The second-order valence-electron chi connectivity index (χ2n) is 13.5. The molecular weight excluding hydrogens is 671 g/mol. The molecule has 1 aromatic carbocycles. The zero-order chi connectivity index (χ0) is 34.9. The van der Waals surface area contributed by atoms with E-state index in [4.69, 9.17) is 9.47 Å². The average Bonchev–Trinajstić information content (AvgIpc) is 3.97. The zero-order valence-electron chi connectivity index (χ0n) is 27.9. The van der Waals surface area contributed by atoms with Crippen molar-refractivity contribution in [2.24, 2.45) is 17.8 Å². The molecule has 2 aromatic rings. The molecule has 6 rings (SSSR count). The summed E-state index contributed by atoms with van der Waals surface area (Å²) in [5.41, 5.74) is -0.233. The van der Waals surface area contributed by atoms with Crippen molar-refractivity contribution in [3.05, 3.63) is 52.5 Å². The minimum absolute atomic E-state index is 0.0577. The third-order valence-electron chi connectivity index (χ3n) is 9.84. The lowest BCUT2D eigenvalue weighted by Crippen LogP contribution is -2.54. The van der Waals surface area contributed by atoms with E-state index in [-0.39, 0.29) is 37.6 Å². The van der Waals surface area contributed by atoms with Crippen molar-refractivity contribution in [1.29, 1.82) is 0 Å². The van der Waals surface area contributed by atoms with E-state index in [1.165, 1.54) is 23.3 Å². The van der Waals surface area contributed by atoms with E-state index >= 15 is 0 Å². The van der Waals surface area contributed by atoms with E-state index in [2.05, 4.69) is 15.0 Å². The highest BCUT2D eigenvalue weighted by molar-refractivity contribution is 7.91. The van der Waals surface area contributed by atoms with Crippen molar-refractivity contribution >= 4 is 50.9 Å². The van der Waals surface area contributed by atoms with Gasteiger partial charge in [-0.25, -0.2) is 18.2 Å². The van der Waals surface area contributed by atoms with Crippen molar-refractivity contribution in [2.75, 3.05) is 25.6 Å². The smallest absolute Gasteiger partial charge is 0.414 e. The number of nitrogens with zero attached hydrogens (tertiary/aromatic N) is 3. The van der Waals surface area contributed by atoms with Crippen LogP contribution in [0.25, 0.3) is 0 Å². The van der Waals surface area contributed by atoms with Crippen LogP contribution >= 0.6 is 11.3 Å². The molecule has 0 spiro atoms. The summed E-state index contributed by atoms with van der Waals surface area (Å²) in [4.78, 5) is 62.9. The summed E-state index contributed by atoms with van der Waals surface area (Å²) < 4.78 is 39.0. The number of allylic oxidation sites excluding steroid dienone is 1. The van der Waals surface area contributed by atoms with Crippen molar-refractivity contribution < 1.29 is 37.1 Å². The number of hydrogen-bond donors (Lipinski definition) is 2. The Balaban J connectivity index is 1.24. The molecule has 1 aliphatic heterocycles. The number of ether oxygens (including phenoxy) is 2. The average molecular weight is 714 g/mol. The fourth-order valence-corrected chi connectivity index (χ4v) is 8.75. The number of hydrogen-bond acceptors (Lipinski definition) is 10. The van der Waals surface area contributed by atoms with E-state index in [1.807, 2.05) is 24.5 Å². The number of aromatic nitrogens is 1. The first-order chi connectivity index (χ1) is 23.4. The van der Waals surface area contributed by atoms with Gasteiger partial charge in [-0.2, -0.15) is 0 Å². The van der Waals surface area contributed by atoms with Crippen LogP contribution in [0.15, 0.2) is 41.8 Å². The molecule has 2 N–H and O–H groups in total. The number of aryl methyl sites for hydroxylation is 1. The molecule has 0 bridgehead atoms. The van der Waals surface area contributed by atoms with Crippen molar-refractivity contribution in [1.82, 2.24) is 19.9 Å². The molecule has 13 nitrogen and oxygen atoms in total. The minimum atomic E-state index is -3.85. The first-order valence-corrected chi connectivity index (χ1v) is 19.2. The Morgan fingerprint density at radius 3 is 2.67 bits per heavy atom. The molecule has 3 saturated carbocycles. The molecule has 0 unspecified atom stereocenters. The van der Waals surface area contributed by atoms with Crippen LogP contribution < -0.4 is 19.7 Å². The Kier molecular flexibility index (Phi) is 10.0. The van der Waals surface area contributed by atoms with Crippen LogP contribution in [0.4, 0.5) is 10.5 Å². The minimum Gasteiger partial charge on any atom is -0.497 e. The van der Waals surface area contributed by atoms with E-state index in [0.717, 1.165) is 24.3 Å². The number of benzene rings is 1. The monoisotopic (exact) mass is 713 g/mol. The highest BCUT2D eigenvalue weighted by atomic mass is 32.2. The predicted molar refractivity (Wildman–Crippen MR) is 182 cm³/mol. The van der Waals surface area contributed by atoms with Gasteiger partial charge in [0.25, 0.3) is 5.91 Å². The summed E-state index contributed by atoms with van der Waals surface area (Å²) >= 11 is 1.47. The van der Waals surface area contributed by atoms with Crippen molar-refractivity contribution in [3.8, 4) is 5.75 Å². The molecule has 4 aliphatic rings. The molecule has 0 saturated heterocycles. The lowest BCUT2D eigenvalue weighted by Gasteiger charge is -2.26. The quantitative estimate of drug-likeness (QED) is 0.389. The van der Waals surface area contributed by atoms with Crippen LogP contribution in [0.5, 0.6) is 5.75 Å². The first-order valence-electron chi connectivity index (χ1n) is 16.7. The number of carbonyl (C=O) groups is 4. The molecule has 0 radical (unpaired) electrons. The van der Waals surface area contributed by atoms with E-state index in [1.54, 1.807) is 36.2 Å². The van der Waals surface area contributed by atoms with Gasteiger partial charge in [-0.05, 0) is 70.4 Å². The number of methoxy groups -OCH3 is 1. The second-order valence-corrected chi connectivity index (χ2v) is 16.5. The molecule has 2 heterocycles. The van der Waals surface area contributed by atoms with Gasteiger partial charge >= 0.3 is 6.09 Å². The number of rotatable bonds is 8. The fourth-order valence-electron chi connectivity index (χ4n) is 6.78. The maximum Gasteiger partial charge on any atom is 0.414 e. The van der Waals surface area contributed by atoms with Gasteiger partial charge in [0, 0.05) is 31.0 Å². The Hall–Kier alpha value is -3.98. The van der Waals surface area contributed by atoms with Crippen LogP contribution in [-0.4, -0.2) is 79.7 Å². The van der Waals surface area contributed by atoms with Gasteiger partial charge in [-0.3, -0.25) is 24.0 Å². The number of fused-ring (bicyclic) bond motifs is 2. The number of carbonyl (C=O) groups excluding carboxylic acids is 4.